The van der Waals surface area contributed by atoms with Crippen LogP contribution in [0.5, 0.6) is 0 Å². The van der Waals surface area contributed by atoms with Crippen LogP contribution in [0.2, 0.25) is 0 Å². The lowest BCUT2D eigenvalue weighted by Crippen LogP contribution is -2.33. The molecule has 0 bridgehead atoms. The summed E-state index contributed by atoms with van der Waals surface area (Å²) in [6, 6.07) is 17.0. The van der Waals surface area contributed by atoms with Crippen LogP contribution in [-0.2, 0) is 10.3 Å². The molecule has 6 heteroatoms. The van der Waals surface area contributed by atoms with E-state index in [9.17, 15) is 4.79 Å². The Bertz CT molecular complexity index is 1140. The molecule has 6 nitrogen and oxygen atoms in total. The van der Waals surface area contributed by atoms with Crippen molar-refractivity contribution in [2.45, 2.75) is 43.7 Å². The first-order chi connectivity index (χ1) is 16.0. The maximum absolute atomic E-state index is 12.8. The van der Waals surface area contributed by atoms with E-state index >= 15 is 0 Å². The predicted molar refractivity (Wildman–Crippen MR) is 130 cm³/mol. The van der Waals surface area contributed by atoms with Gasteiger partial charge in [-0.2, -0.15) is 0 Å². The van der Waals surface area contributed by atoms with Crippen LogP contribution in [0.1, 0.15) is 59.4 Å². The number of hydrogen-bond acceptors (Lipinski definition) is 6. The van der Waals surface area contributed by atoms with Crippen molar-refractivity contribution in [3.8, 4) is 0 Å². The predicted octanol–water partition coefficient (Wildman–Crippen LogP) is 4.77. The molecular formula is C27H30N4O2. The number of nitrogens with zero attached hydrogens (tertiary/aromatic N) is 4. The number of fused-ring (bicyclic) bond motifs is 1. The number of aromatic nitrogens is 2. The molecule has 33 heavy (non-hydrogen) atoms. The SMILES string of the molecule is CN(C)c1ccc(C2(c3ccc(N(C)C4CCCCC4)cc3)OC(=O)c3nccnc32)cc1. The number of esters is 1. The highest BCUT2D eigenvalue weighted by molar-refractivity contribution is 5.93. The number of anilines is 2. The lowest BCUT2D eigenvalue weighted by atomic mass is 9.83. The van der Waals surface area contributed by atoms with Gasteiger partial charge in [-0.3, -0.25) is 4.98 Å². The molecule has 1 aromatic heterocycles. The van der Waals surface area contributed by atoms with Crippen molar-refractivity contribution in [2.24, 2.45) is 0 Å². The fourth-order valence-corrected chi connectivity index (χ4v) is 5.14. The zero-order valence-electron chi connectivity index (χ0n) is 19.5. The smallest absolute Gasteiger partial charge is 0.360 e. The molecule has 1 aliphatic heterocycles. The standard InChI is InChI=1S/C27H30N4O2/c1-30(2)21-13-9-19(10-14-21)27(25-24(26(32)33-27)28-17-18-29-25)20-11-15-23(16-12-20)31(3)22-7-5-4-6-8-22/h9-18,22H,4-8H2,1-3H3. The number of benzene rings is 2. The molecule has 1 fully saturated rings. The van der Waals surface area contributed by atoms with Crippen molar-refractivity contribution >= 4 is 17.3 Å². The summed E-state index contributed by atoms with van der Waals surface area (Å²) >= 11 is 0. The molecule has 0 amide bonds. The van der Waals surface area contributed by atoms with Gasteiger partial charge in [0.25, 0.3) is 0 Å². The second kappa shape index (κ2) is 8.50. The second-order valence-electron chi connectivity index (χ2n) is 9.22. The van der Waals surface area contributed by atoms with Crippen LogP contribution in [0.25, 0.3) is 0 Å². The minimum Gasteiger partial charge on any atom is -0.438 e. The summed E-state index contributed by atoms with van der Waals surface area (Å²) in [6.45, 7) is 0. The summed E-state index contributed by atoms with van der Waals surface area (Å²) in [5.41, 5.74) is 3.67. The van der Waals surface area contributed by atoms with Crippen LogP contribution in [0.4, 0.5) is 11.4 Å². The normalized spacial score (nSPS) is 20.3. The zero-order valence-corrected chi connectivity index (χ0v) is 19.5. The van der Waals surface area contributed by atoms with Crippen molar-refractivity contribution in [1.82, 2.24) is 9.97 Å². The third-order valence-corrected chi connectivity index (χ3v) is 7.06. The number of hydrogen-bond donors (Lipinski definition) is 0. The van der Waals surface area contributed by atoms with Crippen molar-refractivity contribution in [1.29, 1.82) is 0 Å². The van der Waals surface area contributed by atoms with Gasteiger partial charge in [-0.15, -0.1) is 0 Å². The van der Waals surface area contributed by atoms with Gasteiger partial charge in [0.1, 0.15) is 5.69 Å². The maximum atomic E-state index is 12.8. The fourth-order valence-electron chi connectivity index (χ4n) is 5.14. The van der Waals surface area contributed by atoms with Crippen LogP contribution in [0.15, 0.2) is 60.9 Å². The van der Waals surface area contributed by atoms with E-state index in [0.717, 1.165) is 16.8 Å². The first-order valence-electron chi connectivity index (χ1n) is 11.7. The molecular weight excluding hydrogens is 412 g/mol. The van der Waals surface area contributed by atoms with E-state index < -0.39 is 11.6 Å². The molecule has 2 aliphatic rings. The Morgan fingerprint density at radius 1 is 0.818 bits per heavy atom. The molecule has 1 saturated carbocycles. The third-order valence-electron chi connectivity index (χ3n) is 7.06. The van der Waals surface area contributed by atoms with Gasteiger partial charge in [0.15, 0.2) is 5.69 Å². The van der Waals surface area contributed by atoms with Crippen LogP contribution < -0.4 is 9.80 Å². The topological polar surface area (TPSA) is 58.6 Å². The Morgan fingerprint density at radius 3 is 2.00 bits per heavy atom. The highest BCUT2D eigenvalue weighted by Gasteiger charge is 2.51. The van der Waals surface area contributed by atoms with Gasteiger partial charge in [-0.05, 0) is 37.1 Å². The summed E-state index contributed by atoms with van der Waals surface area (Å²) in [7, 11) is 6.18. The number of cyclic esters (lactones) is 1. The third kappa shape index (κ3) is 3.63. The van der Waals surface area contributed by atoms with Crippen LogP contribution >= 0.6 is 0 Å². The van der Waals surface area contributed by atoms with Gasteiger partial charge in [0.05, 0.1) is 0 Å². The molecule has 3 aromatic rings. The van der Waals surface area contributed by atoms with E-state index in [1.165, 1.54) is 44.0 Å². The van der Waals surface area contributed by atoms with E-state index in [0.29, 0.717) is 11.7 Å². The lowest BCUT2D eigenvalue weighted by Gasteiger charge is -2.34. The molecule has 2 heterocycles. The Labute approximate surface area is 195 Å². The average Bonchev–Trinajstić information content (AvgIpc) is 3.18. The highest BCUT2D eigenvalue weighted by Crippen LogP contribution is 2.46. The lowest BCUT2D eigenvalue weighted by molar-refractivity contribution is 0.0241. The van der Waals surface area contributed by atoms with E-state index in [1.807, 2.05) is 43.3 Å². The van der Waals surface area contributed by atoms with Crippen molar-refractivity contribution in [3.05, 3.63) is 83.4 Å². The van der Waals surface area contributed by atoms with Gasteiger partial charge in [0, 0.05) is 62.1 Å². The van der Waals surface area contributed by atoms with Crippen LogP contribution in [0, 0.1) is 0 Å². The van der Waals surface area contributed by atoms with Crippen molar-refractivity contribution in [2.75, 3.05) is 30.9 Å². The van der Waals surface area contributed by atoms with Gasteiger partial charge < -0.3 is 14.5 Å². The largest absolute Gasteiger partial charge is 0.438 e. The molecule has 0 spiro atoms. The molecule has 2 aromatic carbocycles. The van der Waals surface area contributed by atoms with E-state index in [4.69, 9.17) is 4.74 Å². The molecule has 1 atom stereocenters. The minimum atomic E-state index is -1.12. The first kappa shape index (κ1) is 21.4. The molecule has 0 N–H and O–H groups in total. The Morgan fingerprint density at radius 2 is 1.39 bits per heavy atom. The number of ether oxygens (including phenoxy) is 1. The van der Waals surface area contributed by atoms with E-state index in [-0.39, 0.29) is 5.69 Å². The fraction of sp³-hybridized carbons (Fsp3) is 0.370. The van der Waals surface area contributed by atoms with Gasteiger partial charge in [0.2, 0.25) is 5.60 Å². The average molecular weight is 443 g/mol. The van der Waals surface area contributed by atoms with Crippen LogP contribution in [-0.4, -0.2) is 43.1 Å². The summed E-state index contributed by atoms with van der Waals surface area (Å²) in [6.07, 6.45) is 9.56. The highest BCUT2D eigenvalue weighted by atomic mass is 16.6. The van der Waals surface area contributed by atoms with Crippen LogP contribution in [0.3, 0.4) is 0 Å². The molecule has 0 radical (unpaired) electrons. The van der Waals surface area contributed by atoms with Gasteiger partial charge >= 0.3 is 5.97 Å². The molecule has 170 valence electrons. The quantitative estimate of drug-likeness (QED) is 0.531. The number of carbonyl (C=O) groups excluding carboxylic acids is 1. The summed E-state index contributed by atoms with van der Waals surface area (Å²) in [5, 5.41) is 0. The van der Waals surface area contributed by atoms with Gasteiger partial charge in [-0.25, -0.2) is 9.78 Å². The number of carbonyl (C=O) groups is 1. The van der Waals surface area contributed by atoms with E-state index in [2.05, 4.69) is 46.2 Å². The molecule has 0 saturated heterocycles. The summed E-state index contributed by atoms with van der Waals surface area (Å²) in [4.78, 5) is 26.1. The van der Waals surface area contributed by atoms with Crippen molar-refractivity contribution < 1.29 is 9.53 Å². The summed E-state index contributed by atoms with van der Waals surface area (Å²) < 4.78 is 6.12. The summed E-state index contributed by atoms with van der Waals surface area (Å²) in [5.74, 6) is -0.446. The molecule has 5 rings (SSSR count). The Hall–Kier alpha value is -3.41. The molecule has 1 unspecified atom stereocenters. The van der Waals surface area contributed by atoms with Crippen molar-refractivity contribution in [3.63, 3.8) is 0 Å². The monoisotopic (exact) mass is 442 g/mol. The first-order valence-corrected chi connectivity index (χ1v) is 11.7. The minimum absolute atomic E-state index is 0.276. The Balaban J connectivity index is 1.58. The maximum Gasteiger partial charge on any atom is 0.360 e. The zero-order chi connectivity index (χ0) is 23.0. The molecule has 1 aliphatic carbocycles. The Kier molecular flexibility index (Phi) is 5.52. The second-order valence-corrected chi connectivity index (χ2v) is 9.22. The van der Waals surface area contributed by atoms with E-state index in [1.54, 1.807) is 6.20 Å². The number of rotatable bonds is 5. The van der Waals surface area contributed by atoms with Gasteiger partial charge in [-0.1, -0.05) is 43.5 Å².